The fraction of sp³-hybridized carbons (Fsp3) is 0.333. The summed E-state index contributed by atoms with van der Waals surface area (Å²) in [4.78, 5) is 20.7. The fourth-order valence-corrected chi connectivity index (χ4v) is 3.33. The van der Waals surface area contributed by atoms with E-state index in [1.807, 2.05) is 4.90 Å². The third-order valence-corrected chi connectivity index (χ3v) is 4.92. The molecule has 3 rings (SSSR count). The summed E-state index contributed by atoms with van der Waals surface area (Å²) >= 11 is 0. The number of guanidine groups is 1. The molecule has 1 heterocycles. The lowest BCUT2D eigenvalue weighted by molar-refractivity contribution is 0.119. The summed E-state index contributed by atoms with van der Waals surface area (Å²) in [5.74, 6) is -0.194. The molecule has 29 heavy (non-hydrogen) atoms. The number of piperazine rings is 1. The van der Waals surface area contributed by atoms with E-state index in [1.165, 1.54) is 24.3 Å². The molecule has 0 aromatic heterocycles. The molecule has 8 heteroatoms. The average Bonchev–Trinajstić information content (AvgIpc) is 2.69. The number of halogens is 2. The van der Waals surface area contributed by atoms with Gasteiger partial charge in [0.05, 0.1) is 11.7 Å². The molecule has 0 aliphatic carbocycles. The van der Waals surface area contributed by atoms with E-state index in [9.17, 15) is 13.6 Å². The van der Waals surface area contributed by atoms with Gasteiger partial charge < -0.3 is 20.9 Å². The normalized spacial score (nSPS) is 17.6. The molecule has 0 spiro atoms. The van der Waals surface area contributed by atoms with Gasteiger partial charge in [0.15, 0.2) is 5.96 Å². The van der Waals surface area contributed by atoms with Gasteiger partial charge in [0, 0.05) is 25.3 Å². The summed E-state index contributed by atoms with van der Waals surface area (Å²) in [5, 5.41) is 2.73. The van der Waals surface area contributed by atoms with E-state index in [-0.39, 0.29) is 23.8 Å². The predicted molar refractivity (Wildman–Crippen MR) is 110 cm³/mol. The largest absolute Gasteiger partial charge is 0.369 e. The second-order valence-corrected chi connectivity index (χ2v) is 7.34. The number of nitrogens with zero attached hydrogens (tertiary/aromatic N) is 3. The van der Waals surface area contributed by atoms with Gasteiger partial charge in [-0.2, -0.15) is 0 Å². The number of nitrogens with one attached hydrogen (secondary N) is 1. The molecule has 2 aromatic rings. The molecule has 1 saturated heterocycles. The van der Waals surface area contributed by atoms with Gasteiger partial charge in [-0.05, 0) is 48.4 Å². The Balaban J connectivity index is 1.70. The van der Waals surface area contributed by atoms with Crippen LogP contribution in [0.5, 0.6) is 0 Å². The smallest absolute Gasteiger partial charge is 0.321 e. The van der Waals surface area contributed by atoms with Crippen molar-refractivity contribution < 1.29 is 13.6 Å². The van der Waals surface area contributed by atoms with Crippen LogP contribution in [0.1, 0.15) is 13.8 Å². The maximum Gasteiger partial charge on any atom is 0.321 e. The van der Waals surface area contributed by atoms with Crippen molar-refractivity contribution in [1.29, 1.82) is 0 Å². The number of carbonyl (C=O) groups excluding carboxylic acids is 1. The number of carbonyl (C=O) groups is 1. The van der Waals surface area contributed by atoms with E-state index in [1.54, 1.807) is 29.2 Å². The molecule has 0 saturated carbocycles. The Morgan fingerprint density at radius 1 is 1.14 bits per heavy atom. The van der Waals surface area contributed by atoms with E-state index in [0.29, 0.717) is 37.0 Å². The minimum Gasteiger partial charge on any atom is -0.369 e. The average molecular weight is 401 g/mol. The van der Waals surface area contributed by atoms with Gasteiger partial charge >= 0.3 is 6.03 Å². The molecular formula is C21H25F2N5O. The highest BCUT2D eigenvalue weighted by Gasteiger charge is 2.32. The zero-order valence-electron chi connectivity index (χ0n) is 16.5. The Labute approximate surface area is 169 Å². The Morgan fingerprint density at radius 3 is 2.52 bits per heavy atom. The van der Waals surface area contributed by atoms with E-state index in [4.69, 9.17) is 5.73 Å². The SMILES string of the molecule is CC(C)C1CN(C(=O)Nc2cccc(F)c2)CCN1C(N)=Nc1ccc(F)cc1. The van der Waals surface area contributed by atoms with Crippen LogP contribution in [0.25, 0.3) is 0 Å². The van der Waals surface area contributed by atoms with Crippen molar-refractivity contribution in [2.45, 2.75) is 19.9 Å². The van der Waals surface area contributed by atoms with Crippen LogP contribution in [0, 0.1) is 17.6 Å². The van der Waals surface area contributed by atoms with Crippen LogP contribution in [0.2, 0.25) is 0 Å². The molecule has 1 aliphatic heterocycles. The van der Waals surface area contributed by atoms with Crippen molar-refractivity contribution in [3.8, 4) is 0 Å². The number of aliphatic imine (C=N–C) groups is 1. The van der Waals surface area contributed by atoms with E-state index < -0.39 is 5.82 Å². The van der Waals surface area contributed by atoms with Crippen molar-refractivity contribution in [2.75, 3.05) is 25.0 Å². The van der Waals surface area contributed by atoms with E-state index in [0.717, 1.165) is 0 Å². The minimum atomic E-state index is -0.405. The summed E-state index contributed by atoms with van der Waals surface area (Å²) in [5.41, 5.74) is 7.21. The molecule has 1 atom stereocenters. The Bertz CT molecular complexity index is 885. The van der Waals surface area contributed by atoms with Gasteiger partial charge in [-0.15, -0.1) is 0 Å². The van der Waals surface area contributed by atoms with E-state index >= 15 is 0 Å². The lowest BCUT2D eigenvalue weighted by Crippen LogP contribution is -2.60. The molecule has 6 nitrogen and oxygen atoms in total. The molecule has 1 aliphatic rings. The monoisotopic (exact) mass is 401 g/mol. The first kappa shape index (κ1) is 20.6. The predicted octanol–water partition coefficient (Wildman–Crippen LogP) is 3.79. The van der Waals surface area contributed by atoms with Crippen molar-refractivity contribution in [1.82, 2.24) is 9.80 Å². The highest BCUT2D eigenvalue weighted by atomic mass is 19.1. The molecule has 154 valence electrons. The van der Waals surface area contributed by atoms with Crippen LogP contribution >= 0.6 is 0 Å². The number of rotatable bonds is 3. The quantitative estimate of drug-likeness (QED) is 0.607. The maximum atomic E-state index is 13.3. The van der Waals surface area contributed by atoms with Crippen LogP contribution in [0.3, 0.4) is 0 Å². The van der Waals surface area contributed by atoms with Crippen LogP contribution in [0.15, 0.2) is 53.5 Å². The maximum absolute atomic E-state index is 13.3. The number of anilines is 1. The second kappa shape index (κ2) is 8.89. The lowest BCUT2D eigenvalue weighted by atomic mass is 10.00. The van der Waals surface area contributed by atoms with Crippen molar-refractivity contribution in [3.63, 3.8) is 0 Å². The van der Waals surface area contributed by atoms with Crippen LogP contribution in [-0.2, 0) is 0 Å². The first-order valence-corrected chi connectivity index (χ1v) is 9.51. The molecule has 0 bridgehead atoms. The number of nitrogens with two attached hydrogens (primary N) is 1. The zero-order valence-corrected chi connectivity index (χ0v) is 16.5. The number of urea groups is 1. The van der Waals surface area contributed by atoms with Gasteiger partial charge in [-0.1, -0.05) is 19.9 Å². The third kappa shape index (κ3) is 5.22. The summed E-state index contributed by atoms with van der Waals surface area (Å²) in [6, 6.07) is 11.3. The third-order valence-electron chi connectivity index (χ3n) is 4.92. The van der Waals surface area contributed by atoms with Crippen molar-refractivity contribution in [2.24, 2.45) is 16.6 Å². The summed E-state index contributed by atoms with van der Waals surface area (Å²) < 4.78 is 26.4. The minimum absolute atomic E-state index is 0.0359. The summed E-state index contributed by atoms with van der Waals surface area (Å²) in [6.45, 7) is 5.52. The topological polar surface area (TPSA) is 74.0 Å². The molecule has 2 aromatic carbocycles. The Kier molecular flexibility index (Phi) is 6.31. The Hall–Kier alpha value is -3.16. The van der Waals surface area contributed by atoms with Crippen LogP contribution < -0.4 is 11.1 Å². The molecule has 0 radical (unpaired) electrons. The van der Waals surface area contributed by atoms with Crippen LogP contribution in [0.4, 0.5) is 25.0 Å². The van der Waals surface area contributed by atoms with E-state index in [2.05, 4.69) is 24.2 Å². The zero-order chi connectivity index (χ0) is 21.0. The highest BCUT2D eigenvalue weighted by Crippen LogP contribution is 2.20. The van der Waals surface area contributed by atoms with Gasteiger partial charge in [-0.25, -0.2) is 18.6 Å². The highest BCUT2D eigenvalue weighted by molar-refractivity contribution is 5.89. The molecule has 2 amide bonds. The number of hydrogen-bond donors (Lipinski definition) is 2. The fourth-order valence-electron chi connectivity index (χ4n) is 3.33. The number of hydrogen-bond acceptors (Lipinski definition) is 2. The molecule has 1 unspecified atom stereocenters. The number of benzene rings is 2. The van der Waals surface area contributed by atoms with Crippen molar-refractivity contribution in [3.05, 3.63) is 60.2 Å². The van der Waals surface area contributed by atoms with Crippen LogP contribution in [-0.4, -0.2) is 47.5 Å². The molecule has 1 fully saturated rings. The molecule has 3 N–H and O–H groups in total. The number of amides is 2. The van der Waals surface area contributed by atoms with Gasteiger partial charge in [0.2, 0.25) is 0 Å². The first-order chi connectivity index (χ1) is 13.8. The standard InChI is InChI=1S/C21H25F2N5O/c1-14(2)19-13-27(21(29)26-18-5-3-4-16(23)12-18)10-11-28(19)20(24)25-17-8-6-15(22)7-9-17/h3-9,12,14,19H,10-11,13H2,1-2H3,(H2,24,25)(H,26,29). The first-order valence-electron chi connectivity index (χ1n) is 9.51. The Morgan fingerprint density at radius 2 is 1.86 bits per heavy atom. The van der Waals surface area contributed by atoms with Crippen molar-refractivity contribution >= 4 is 23.4 Å². The second-order valence-electron chi connectivity index (χ2n) is 7.34. The summed E-state index contributed by atoms with van der Waals surface area (Å²) in [6.07, 6.45) is 0. The lowest BCUT2D eigenvalue weighted by Gasteiger charge is -2.43. The van der Waals surface area contributed by atoms with Gasteiger partial charge in [0.1, 0.15) is 11.6 Å². The van der Waals surface area contributed by atoms with Gasteiger partial charge in [-0.3, -0.25) is 0 Å². The summed E-state index contributed by atoms with van der Waals surface area (Å²) in [7, 11) is 0. The molecular weight excluding hydrogens is 376 g/mol. The van der Waals surface area contributed by atoms with Gasteiger partial charge in [0.25, 0.3) is 0 Å².